The predicted octanol–water partition coefficient (Wildman–Crippen LogP) is 4.46. The van der Waals surface area contributed by atoms with Crippen molar-refractivity contribution in [3.63, 3.8) is 0 Å². The number of aromatic amines is 1. The number of aryl methyl sites for hydroxylation is 2. The Labute approximate surface area is 160 Å². The fourth-order valence-corrected chi connectivity index (χ4v) is 3.59. The molecule has 27 heavy (non-hydrogen) atoms. The maximum absolute atomic E-state index is 12.6. The lowest BCUT2D eigenvalue weighted by molar-refractivity contribution is 0.102. The summed E-state index contributed by atoms with van der Waals surface area (Å²) in [5.74, 6) is 0.586. The van der Waals surface area contributed by atoms with E-state index in [9.17, 15) is 4.79 Å². The number of hydrogen-bond acceptors (Lipinski definition) is 5. The number of aromatic nitrogens is 4. The molecule has 0 bridgehead atoms. The number of amides is 1. The van der Waals surface area contributed by atoms with Crippen molar-refractivity contribution < 1.29 is 4.79 Å². The molecule has 2 heterocycles. The van der Waals surface area contributed by atoms with Gasteiger partial charge in [-0.3, -0.25) is 15.2 Å². The highest BCUT2D eigenvalue weighted by Gasteiger charge is 2.18. The van der Waals surface area contributed by atoms with E-state index in [-0.39, 0.29) is 11.9 Å². The van der Waals surface area contributed by atoms with E-state index in [4.69, 9.17) is 0 Å². The second-order valence-electron chi connectivity index (χ2n) is 6.13. The van der Waals surface area contributed by atoms with Crippen LogP contribution in [0.4, 0.5) is 5.95 Å². The molecule has 0 aliphatic carbocycles. The van der Waals surface area contributed by atoms with Crippen LogP contribution in [-0.2, 0) is 0 Å². The summed E-state index contributed by atoms with van der Waals surface area (Å²) in [5.41, 5.74) is 3.76. The Kier molecular flexibility index (Phi) is 4.52. The van der Waals surface area contributed by atoms with Gasteiger partial charge in [-0.05, 0) is 13.8 Å². The van der Waals surface area contributed by atoms with Crippen LogP contribution in [0, 0.1) is 13.8 Å². The molecule has 4 rings (SSSR count). The Hall–Kier alpha value is -3.32. The highest BCUT2D eigenvalue weighted by atomic mass is 32.1. The molecule has 0 aliphatic heterocycles. The van der Waals surface area contributed by atoms with Crippen LogP contribution in [0.1, 0.15) is 20.9 Å². The maximum Gasteiger partial charge on any atom is 0.270 e. The molecule has 0 spiro atoms. The fourth-order valence-electron chi connectivity index (χ4n) is 2.63. The number of carbonyl (C=O) groups is 1. The molecule has 0 radical (unpaired) electrons. The van der Waals surface area contributed by atoms with Crippen molar-refractivity contribution in [2.75, 3.05) is 5.32 Å². The molecule has 0 saturated carbocycles. The van der Waals surface area contributed by atoms with Crippen LogP contribution in [0.2, 0.25) is 0 Å². The third-order valence-corrected chi connectivity index (χ3v) is 5.26. The molecule has 0 atom stereocenters. The summed E-state index contributed by atoms with van der Waals surface area (Å²) in [6.07, 6.45) is 0. The zero-order valence-electron chi connectivity index (χ0n) is 14.9. The first-order chi connectivity index (χ1) is 13.1. The molecule has 2 aromatic carbocycles. The van der Waals surface area contributed by atoms with E-state index in [1.807, 2.05) is 68.4 Å². The number of nitrogens with one attached hydrogen (secondary N) is 2. The minimum Gasteiger partial charge on any atom is -0.288 e. The topological polar surface area (TPSA) is 83.6 Å². The van der Waals surface area contributed by atoms with Gasteiger partial charge < -0.3 is 0 Å². The number of anilines is 1. The SMILES string of the molecule is Cc1ccc(-c2nc(NC(=O)c3sc(-c4ccccc4)nc3C)n[nH]2)cc1. The van der Waals surface area contributed by atoms with Crippen LogP contribution >= 0.6 is 11.3 Å². The second kappa shape index (κ2) is 7.13. The lowest BCUT2D eigenvalue weighted by Gasteiger charge is -1.98. The largest absolute Gasteiger partial charge is 0.288 e. The van der Waals surface area contributed by atoms with Gasteiger partial charge in [0, 0.05) is 11.1 Å². The summed E-state index contributed by atoms with van der Waals surface area (Å²) < 4.78 is 0. The van der Waals surface area contributed by atoms with Crippen LogP contribution in [0.15, 0.2) is 54.6 Å². The van der Waals surface area contributed by atoms with E-state index in [1.54, 1.807) is 0 Å². The molecule has 2 aromatic heterocycles. The predicted molar refractivity (Wildman–Crippen MR) is 107 cm³/mol. The van der Waals surface area contributed by atoms with E-state index in [0.717, 1.165) is 16.1 Å². The van der Waals surface area contributed by atoms with Gasteiger partial charge in [0.2, 0.25) is 5.95 Å². The molecular weight excluding hydrogens is 358 g/mol. The van der Waals surface area contributed by atoms with E-state index < -0.39 is 0 Å². The molecule has 134 valence electrons. The smallest absolute Gasteiger partial charge is 0.270 e. The summed E-state index contributed by atoms with van der Waals surface area (Å²) in [6.45, 7) is 3.85. The number of rotatable bonds is 4. The summed E-state index contributed by atoms with van der Waals surface area (Å²) in [4.78, 5) is 22.1. The van der Waals surface area contributed by atoms with Crippen LogP contribution < -0.4 is 5.32 Å². The lowest BCUT2D eigenvalue weighted by Crippen LogP contribution is -2.12. The Morgan fingerprint density at radius 1 is 0.963 bits per heavy atom. The quantitative estimate of drug-likeness (QED) is 0.551. The highest BCUT2D eigenvalue weighted by molar-refractivity contribution is 7.17. The Morgan fingerprint density at radius 2 is 1.70 bits per heavy atom. The number of carbonyl (C=O) groups excluding carboxylic acids is 1. The Balaban J connectivity index is 1.53. The van der Waals surface area contributed by atoms with Crippen molar-refractivity contribution in [1.29, 1.82) is 0 Å². The average Bonchev–Trinajstić information content (AvgIpc) is 3.30. The minimum absolute atomic E-state index is 0.240. The molecule has 1 amide bonds. The normalized spacial score (nSPS) is 10.7. The summed E-state index contributed by atoms with van der Waals surface area (Å²) in [7, 11) is 0. The molecule has 0 aliphatic rings. The van der Waals surface area contributed by atoms with E-state index in [1.165, 1.54) is 16.9 Å². The van der Waals surface area contributed by atoms with Gasteiger partial charge in [-0.2, -0.15) is 4.98 Å². The summed E-state index contributed by atoms with van der Waals surface area (Å²) in [6, 6.07) is 17.7. The molecule has 6 nitrogen and oxygen atoms in total. The van der Waals surface area contributed by atoms with Crippen molar-refractivity contribution in [3.05, 3.63) is 70.7 Å². The third kappa shape index (κ3) is 3.63. The third-order valence-electron chi connectivity index (χ3n) is 4.06. The van der Waals surface area contributed by atoms with Crippen molar-refractivity contribution in [3.8, 4) is 22.0 Å². The molecule has 7 heteroatoms. The Bertz CT molecular complexity index is 1080. The van der Waals surface area contributed by atoms with Gasteiger partial charge in [0.1, 0.15) is 9.88 Å². The molecule has 0 unspecified atom stereocenters. The van der Waals surface area contributed by atoms with Crippen LogP contribution in [0.25, 0.3) is 22.0 Å². The average molecular weight is 375 g/mol. The lowest BCUT2D eigenvalue weighted by atomic mass is 10.1. The van der Waals surface area contributed by atoms with Crippen LogP contribution in [0.5, 0.6) is 0 Å². The molecule has 0 saturated heterocycles. The molecular formula is C20H17N5OS. The number of nitrogens with zero attached hydrogens (tertiary/aromatic N) is 3. The number of H-pyrrole nitrogens is 1. The monoisotopic (exact) mass is 375 g/mol. The summed E-state index contributed by atoms with van der Waals surface area (Å²) >= 11 is 1.36. The molecule has 0 fully saturated rings. The van der Waals surface area contributed by atoms with Crippen molar-refractivity contribution >= 4 is 23.2 Å². The maximum atomic E-state index is 12.6. The van der Waals surface area contributed by atoms with Gasteiger partial charge in [-0.15, -0.1) is 16.4 Å². The van der Waals surface area contributed by atoms with Gasteiger partial charge in [0.15, 0.2) is 5.82 Å². The van der Waals surface area contributed by atoms with Gasteiger partial charge in [-0.25, -0.2) is 4.98 Å². The zero-order valence-corrected chi connectivity index (χ0v) is 15.7. The number of thiazole rings is 1. The van der Waals surface area contributed by atoms with Crippen LogP contribution in [-0.4, -0.2) is 26.1 Å². The van der Waals surface area contributed by atoms with Gasteiger partial charge >= 0.3 is 0 Å². The van der Waals surface area contributed by atoms with E-state index in [0.29, 0.717) is 16.4 Å². The first kappa shape index (κ1) is 17.1. The van der Waals surface area contributed by atoms with Crippen molar-refractivity contribution in [1.82, 2.24) is 20.2 Å². The first-order valence-corrected chi connectivity index (χ1v) is 9.25. The van der Waals surface area contributed by atoms with Gasteiger partial charge in [-0.1, -0.05) is 60.2 Å². The van der Waals surface area contributed by atoms with Crippen molar-refractivity contribution in [2.24, 2.45) is 0 Å². The van der Waals surface area contributed by atoms with Crippen molar-refractivity contribution in [2.45, 2.75) is 13.8 Å². The molecule has 4 aromatic rings. The van der Waals surface area contributed by atoms with Crippen LogP contribution in [0.3, 0.4) is 0 Å². The molecule has 2 N–H and O–H groups in total. The zero-order chi connectivity index (χ0) is 18.8. The van der Waals surface area contributed by atoms with E-state index >= 15 is 0 Å². The minimum atomic E-state index is -0.262. The van der Waals surface area contributed by atoms with Gasteiger partial charge in [0.05, 0.1) is 5.69 Å². The second-order valence-corrected chi connectivity index (χ2v) is 7.13. The van der Waals surface area contributed by atoms with Gasteiger partial charge in [0.25, 0.3) is 5.91 Å². The highest BCUT2D eigenvalue weighted by Crippen LogP contribution is 2.28. The van der Waals surface area contributed by atoms with E-state index in [2.05, 4.69) is 25.5 Å². The number of hydrogen-bond donors (Lipinski definition) is 2. The number of benzene rings is 2. The fraction of sp³-hybridized carbons (Fsp3) is 0.100. The standard InChI is InChI=1S/C20H17N5OS/c1-12-8-10-14(11-9-12)17-22-20(25-24-17)23-18(26)16-13(2)21-19(27-16)15-6-4-3-5-7-15/h3-11H,1-2H3,(H2,22,23,24,25,26). The Morgan fingerprint density at radius 3 is 2.44 bits per heavy atom. The summed E-state index contributed by atoms with van der Waals surface area (Å²) in [5, 5.41) is 10.5. The first-order valence-electron chi connectivity index (χ1n) is 8.44.